The van der Waals surface area contributed by atoms with E-state index in [1.165, 1.54) is 29.5 Å². The number of aromatic carboxylic acids is 1. The molecule has 0 atom stereocenters. The summed E-state index contributed by atoms with van der Waals surface area (Å²) in [5, 5.41) is 12.5. The molecule has 4 nitrogen and oxygen atoms in total. The highest BCUT2D eigenvalue weighted by molar-refractivity contribution is 7.16. The fraction of sp³-hybridized carbons (Fsp3) is 0.0769. The van der Waals surface area contributed by atoms with Crippen LogP contribution in [0.1, 0.15) is 25.6 Å². The number of thiophene rings is 1. The molecule has 2 aromatic rings. The number of nitrogens with one attached hydrogen (secondary N) is 1. The molecule has 0 aliphatic heterocycles. The number of carbonyl (C=O) groups excluding carboxylic acids is 1. The van der Waals surface area contributed by atoms with E-state index in [9.17, 15) is 9.59 Å². The molecule has 0 bridgehead atoms. The third kappa shape index (κ3) is 3.12. The molecule has 104 valence electrons. The van der Waals surface area contributed by atoms with Gasteiger partial charge in [-0.05, 0) is 31.2 Å². The Morgan fingerprint density at radius 1 is 1.20 bits per heavy atom. The summed E-state index contributed by atoms with van der Waals surface area (Å²) >= 11 is 12.9. The second-order valence-corrected chi connectivity index (χ2v) is 6.08. The Kier molecular flexibility index (Phi) is 4.32. The van der Waals surface area contributed by atoms with E-state index in [-0.39, 0.29) is 21.2 Å². The average Bonchev–Trinajstić information content (AvgIpc) is 2.73. The minimum Gasteiger partial charge on any atom is -0.478 e. The first-order chi connectivity index (χ1) is 9.38. The molecule has 2 rings (SSSR count). The maximum absolute atomic E-state index is 12.1. The van der Waals surface area contributed by atoms with Gasteiger partial charge in [0.2, 0.25) is 0 Å². The smallest absolute Gasteiger partial charge is 0.338 e. The first kappa shape index (κ1) is 14.8. The van der Waals surface area contributed by atoms with Crippen LogP contribution < -0.4 is 5.32 Å². The predicted octanol–water partition coefficient (Wildman–Crippen LogP) is 4.31. The van der Waals surface area contributed by atoms with Gasteiger partial charge in [0.1, 0.15) is 5.00 Å². The van der Waals surface area contributed by atoms with Gasteiger partial charge in [0, 0.05) is 9.90 Å². The lowest BCUT2D eigenvalue weighted by atomic mass is 10.2. The highest BCUT2D eigenvalue weighted by atomic mass is 35.5. The van der Waals surface area contributed by atoms with Crippen LogP contribution in [0, 0.1) is 6.92 Å². The summed E-state index contributed by atoms with van der Waals surface area (Å²) < 4.78 is 0. The summed E-state index contributed by atoms with van der Waals surface area (Å²) in [6.07, 6.45) is 0. The Balaban J connectivity index is 2.32. The maximum Gasteiger partial charge on any atom is 0.338 e. The van der Waals surface area contributed by atoms with Crippen LogP contribution >= 0.6 is 34.5 Å². The number of carboxylic acid groups (broad SMARTS) is 1. The first-order valence-electron chi connectivity index (χ1n) is 5.48. The number of hydrogen-bond acceptors (Lipinski definition) is 3. The van der Waals surface area contributed by atoms with Gasteiger partial charge in [-0.25, -0.2) is 4.79 Å². The Hall–Kier alpha value is -1.56. The zero-order valence-corrected chi connectivity index (χ0v) is 12.6. The third-order valence-corrected chi connectivity index (χ3v) is 4.02. The van der Waals surface area contributed by atoms with Crippen LogP contribution in [0.15, 0.2) is 24.3 Å². The molecule has 0 radical (unpaired) electrons. The maximum atomic E-state index is 12.1. The third-order valence-electron chi connectivity index (χ3n) is 2.49. The molecule has 1 amide bonds. The van der Waals surface area contributed by atoms with Crippen LogP contribution in [-0.4, -0.2) is 17.0 Å². The Labute approximate surface area is 128 Å². The van der Waals surface area contributed by atoms with Gasteiger partial charge >= 0.3 is 5.97 Å². The highest BCUT2D eigenvalue weighted by Crippen LogP contribution is 2.29. The summed E-state index contributed by atoms with van der Waals surface area (Å²) in [7, 11) is 0. The predicted molar refractivity (Wildman–Crippen MR) is 80.4 cm³/mol. The number of carbonyl (C=O) groups is 2. The Bertz CT molecular complexity index is 697. The number of anilines is 1. The Morgan fingerprint density at radius 3 is 2.55 bits per heavy atom. The van der Waals surface area contributed by atoms with E-state index in [1.54, 1.807) is 13.0 Å². The topological polar surface area (TPSA) is 66.4 Å². The summed E-state index contributed by atoms with van der Waals surface area (Å²) in [4.78, 5) is 24.0. The standard InChI is InChI=1S/C13H9Cl2NO3S/c1-6-4-9(13(18)19)12(20-6)16-11(17)8-5-7(14)2-3-10(8)15/h2-5H,1H3,(H,16,17)(H,18,19). The molecule has 0 aliphatic rings. The molecule has 0 unspecified atom stereocenters. The second kappa shape index (κ2) is 5.83. The number of hydrogen-bond donors (Lipinski definition) is 2. The van der Waals surface area contributed by atoms with E-state index in [0.717, 1.165) is 4.88 Å². The molecule has 20 heavy (non-hydrogen) atoms. The normalized spacial score (nSPS) is 10.3. The lowest BCUT2D eigenvalue weighted by Gasteiger charge is -2.06. The molecular formula is C13H9Cl2NO3S. The lowest BCUT2D eigenvalue weighted by molar-refractivity contribution is 0.0698. The molecule has 0 spiro atoms. The van der Waals surface area contributed by atoms with Crippen LogP contribution in [0.4, 0.5) is 5.00 Å². The van der Waals surface area contributed by atoms with Crippen molar-refractivity contribution in [3.05, 3.63) is 50.3 Å². The molecule has 0 saturated heterocycles. The van der Waals surface area contributed by atoms with Crippen LogP contribution in [0.25, 0.3) is 0 Å². The van der Waals surface area contributed by atoms with E-state index >= 15 is 0 Å². The number of aryl methyl sites for hydroxylation is 1. The highest BCUT2D eigenvalue weighted by Gasteiger charge is 2.18. The van der Waals surface area contributed by atoms with E-state index in [4.69, 9.17) is 28.3 Å². The molecule has 1 aromatic carbocycles. The minimum atomic E-state index is -1.10. The van der Waals surface area contributed by atoms with E-state index in [2.05, 4.69) is 5.32 Å². The van der Waals surface area contributed by atoms with Gasteiger partial charge < -0.3 is 10.4 Å². The quantitative estimate of drug-likeness (QED) is 0.881. The molecule has 1 aromatic heterocycles. The van der Waals surface area contributed by atoms with Crippen LogP contribution in [0.2, 0.25) is 10.0 Å². The van der Waals surface area contributed by atoms with Gasteiger partial charge in [-0.3, -0.25) is 4.79 Å². The van der Waals surface area contributed by atoms with Gasteiger partial charge in [-0.1, -0.05) is 23.2 Å². The molecule has 0 fully saturated rings. The second-order valence-electron chi connectivity index (χ2n) is 3.98. The Morgan fingerprint density at radius 2 is 1.90 bits per heavy atom. The fourth-order valence-corrected chi connectivity index (χ4v) is 2.88. The van der Waals surface area contributed by atoms with Crippen LogP contribution in [-0.2, 0) is 0 Å². The number of rotatable bonds is 3. The van der Waals surface area contributed by atoms with Gasteiger partial charge in [-0.2, -0.15) is 0 Å². The number of halogens is 2. The summed E-state index contributed by atoms with van der Waals surface area (Å²) in [5.41, 5.74) is 0.251. The van der Waals surface area contributed by atoms with Crippen molar-refractivity contribution in [1.29, 1.82) is 0 Å². The van der Waals surface area contributed by atoms with E-state index < -0.39 is 11.9 Å². The van der Waals surface area contributed by atoms with Crippen LogP contribution in [0.5, 0.6) is 0 Å². The SMILES string of the molecule is Cc1cc(C(=O)O)c(NC(=O)c2cc(Cl)ccc2Cl)s1. The zero-order chi connectivity index (χ0) is 14.9. The van der Waals surface area contributed by atoms with Crippen LogP contribution in [0.3, 0.4) is 0 Å². The van der Waals surface area contributed by atoms with Gasteiger partial charge in [0.05, 0.1) is 16.1 Å². The first-order valence-corrected chi connectivity index (χ1v) is 7.06. The molecule has 0 saturated carbocycles. The largest absolute Gasteiger partial charge is 0.478 e. The van der Waals surface area contributed by atoms with Gasteiger partial charge in [-0.15, -0.1) is 11.3 Å². The lowest BCUT2D eigenvalue weighted by Crippen LogP contribution is -2.13. The van der Waals surface area contributed by atoms with Crippen molar-refractivity contribution >= 4 is 51.4 Å². The monoisotopic (exact) mass is 329 g/mol. The summed E-state index contributed by atoms with van der Waals surface area (Å²) in [6.45, 7) is 1.76. The summed E-state index contributed by atoms with van der Waals surface area (Å²) in [5.74, 6) is -1.59. The minimum absolute atomic E-state index is 0.0546. The van der Waals surface area contributed by atoms with Crippen molar-refractivity contribution in [3.63, 3.8) is 0 Å². The van der Waals surface area contributed by atoms with E-state index in [0.29, 0.717) is 5.02 Å². The van der Waals surface area contributed by atoms with Crippen molar-refractivity contribution in [3.8, 4) is 0 Å². The summed E-state index contributed by atoms with van der Waals surface area (Å²) in [6, 6.07) is 6.01. The number of amides is 1. The van der Waals surface area contributed by atoms with Gasteiger partial charge in [0.25, 0.3) is 5.91 Å². The molecule has 2 N–H and O–H groups in total. The van der Waals surface area contributed by atoms with Crippen molar-refractivity contribution in [2.45, 2.75) is 6.92 Å². The molecule has 1 heterocycles. The molecular weight excluding hydrogens is 321 g/mol. The number of carboxylic acids is 1. The fourth-order valence-electron chi connectivity index (χ4n) is 1.61. The van der Waals surface area contributed by atoms with Gasteiger partial charge in [0.15, 0.2) is 0 Å². The molecule has 0 aliphatic carbocycles. The zero-order valence-electron chi connectivity index (χ0n) is 10.2. The average molecular weight is 330 g/mol. The van der Waals surface area contributed by atoms with Crippen molar-refractivity contribution in [2.75, 3.05) is 5.32 Å². The van der Waals surface area contributed by atoms with Crippen molar-refractivity contribution in [1.82, 2.24) is 0 Å². The van der Waals surface area contributed by atoms with E-state index in [1.807, 2.05) is 0 Å². The van der Waals surface area contributed by atoms with Crippen molar-refractivity contribution < 1.29 is 14.7 Å². The number of benzene rings is 1. The molecule has 7 heteroatoms. The van der Waals surface area contributed by atoms with Crippen molar-refractivity contribution in [2.24, 2.45) is 0 Å².